The summed E-state index contributed by atoms with van der Waals surface area (Å²) < 4.78 is 0. The van der Waals surface area contributed by atoms with Crippen LogP contribution in [0.1, 0.15) is 34.9 Å². The predicted octanol–water partition coefficient (Wildman–Crippen LogP) is 2.44. The van der Waals surface area contributed by atoms with Crippen LogP contribution in [-0.2, 0) is 0 Å². The van der Waals surface area contributed by atoms with Gasteiger partial charge in [-0.15, -0.1) is 0 Å². The Morgan fingerprint density at radius 3 is 2.81 bits per heavy atom. The molecule has 0 bridgehead atoms. The first-order chi connectivity index (χ1) is 12.8. The van der Waals surface area contributed by atoms with Gasteiger partial charge in [0.15, 0.2) is 5.78 Å². The van der Waals surface area contributed by atoms with Crippen molar-refractivity contribution in [3.05, 3.63) is 66.0 Å². The lowest BCUT2D eigenvalue weighted by atomic mass is 9.89. The van der Waals surface area contributed by atoms with E-state index in [1.807, 2.05) is 18.2 Å². The molecule has 0 amide bonds. The van der Waals surface area contributed by atoms with Gasteiger partial charge in [0.05, 0.1) is 6.04 Å². The number of piperidine rings is 1. The molecule has 2 saturated heterocycles. The van der Waals surface area contributed by atoms with Gasteiger partial charge in [0.1, 0.15) is 5.69 Å². The first-order valence-corrected chi connectivity index (χ1v) is 9.52. The summed E-state index contributed by atoms with van der Waals surface area (Å²) in [5, 5.41) is 0. The highest BCUT2D eigenvalue weighted by Gasteiger charge is 2.33. The van der Waals surface area contributed by atoms with Crippen molar-refractivity contribution in [3.8, 4) is 0 Å². The van der Waals surface area contributed by atoms with Gasteiger partial charge in [-0.3, -0.25) is 15.2 Å². The zero-order chi connectivity index (χ0) is 17.8. The summed E-state index contributed by atoms with van der Waals surface area (Å²) in [6, 6.07) is 16.5. The fraction of sp³-hybridized carbons (Fsp3) is 0.429. The fourth-order valence-corrected chi connectivity index (χ4v) is 4.21. The summed E-state index contributed by atoms with van der Waals surface area (Å²) in [5.41, 5.74) is 8.66. The molecule has 0 aliphatic carbocycles. The van der Waals surface area contributed by atoms with Crippen LogP contribution in [0.2, 0.25) is 0 Å². The van der Waals surface area contributed by atoms with Gasteiger partial charge in [0.2, 0.25) is 0 Å². The van der Waals surface area contributed by atoms with Crippen molar-refractivity contribution in [1.29, 1.82) is 0 Å². The first kappa shape index (κ1) is 17.3. The van der Waals surface area contributed by atoms with E-state index in [1.54, 1.807) is 6.20 Å². The number of rotatable bonds is 5. The number of hydrogen-bond donors (Lipinski definition) is 2. The highest BCUT2D eigenvalue weighted by Crippen LogP contribution is 2.28. The molecule has 0 saturated carbocycles. The molecule has 0 radical (unpaired) electrons. The summed E-state index contributed by atoms with van der Waals surface area (Å²) in [5.74, 6) is 0.759. The van der Waals surface area contributed by atoms with Crippen LogP contribution in [0.4, 0.5) is 0 Å². The lowest BCUT2D eigenvalue weighted by Crippen LogP contribution is -2.42. The highest BCUT2D eigenvalue weighted by atomic mass is 16.1. The standard InChI is InChI=1S/C21H26N4O/c26-21(19-10-4-5-11-22-19)17-9-6-12-25(14-17)15-18-13-23-24-20(18)16-7-2-1-3-8-16/h1-5,7-8,10-11,17-18,20,23-24H,6,9,12-15H2. The van der Waals surface area contributed by atoms with Crippen LogP contribution < -0.4 is 10.9 Å². The number of aromatic nitrogens is 1. The van der Waals surface area contributed by atoms with E-state index in [0.717, 1.165) is 39.0 Å². The second-order valence-corrected chi connectivity index (χ2v) is 7.35. The van der Waals surface area contributed by atoms with E-state index in [2.05, 4.69) is 51.1 Å². The number of Topliss-reactive ketones (excluding diaryl/α,β-unsaturated/α-hetero) is 1. The van der Waals surface area contributed by atoms with Crippen molar-refractivity contribution in [2.75, 3.05) is 26.2 Å². The van der Waals surface area contributed by atoms with Gasteiger partial charge < -0.3 is 4.90 Å². The molecule has 3 atom stereocenters. The summed E-state index contributed by atoms with van der Waals surface area (Å²) >= 11 is 0. The van der Waals surface area contributed by atoms with Gasteiger partial charge in [0.25, 0.3) is 0 Å². The molecule has 2 aliphatic rings. The molecule has 2 aliphatic heterocycles. The average molecular weight is 350 g/mol. The Labute approximate surface area is 154 Å². The van der Waals surface area contributed by atoms with Crippen molar-refractivity contribution in [2.45, 2.75) is 18.9 Å². The Morgan fingerprint density at radius 2 is 2.00 bits per heavy atom. The van der Waals surface area contributed by atoms with Crippen LogP contribution >= 0.6 is 0 Å². The molecular weight excluding hydrogens is 324 g/mol. The Hall–Kier alpha value is -2.08. The van der Waals surface area contributed by atoms with Gasteiger partial charge in [-0.25, -0.2) is 5.43 Å². The summed E-state index contributed by atoms with van der Waals surface area (Å²) in [7, 11) is 0. The molecule has 3 heterocycles. The summed E-state index contributed by atoms with van der Waals surface area (Å²) in [6.07, 6.45) is 3.75. The molecule has 136 valence electrons. The number of ketones is 1. The third kappa shape index (κ3) is 3.85. The van der Waals surface area contributed by atoms with Crippen LogP contribution in [0, 0.1) is 11.8 Å². The molecule has 4 rings (SSSR count). The van der Waals surface area contributed by atoms with E-state index < -0.39 is 0 Å². The number of hydrazine groups is 1. The fourth-order valence-electron chi connectivity index (χ4n) is 4.21. The Bertz CT molecular complexity index is 721. The maximum Gasteiger partial charge on any atom is 0.185 e. The Balaban J connectivity index is 1.40. The number of carbonyl (C=O) groups excluding carboxylic acids is 1. The third-order valence-electron chi connectivity index (χ3n) is 5.54. The number of nitrogens with one attached hydrogen (secondary N) is 2. The normalized spacial score (nSPS) is 26.7. The number of hydrogen-bond acceptors (Lipinski definition) is 5. The second kappa shape index (κ2) is 8.08. The lowest BCUT2D eigenvalue weighted by molar-refractivity contribution is 0.0793. The predicted molar refractivity (Wildman–Crippen MR) is 102 cm³/mol. The van der Waals surface area contributed by atoms with Gasteiger partial charge in [-0.1, -0.05) is 36.4 Å². The number of nitrogens with zero attached hydrogens (tertiary/aromatic N) is 2. The van der Waals surface area contributed by atoms with Crippen molar-refractivity contribution < 1.29 is 4.79 Å². The zero-order valence-corrected chi connectivity index (χ0v) is 15.0. The maximum atomic E-state index is 12.8. The first-order valence-electron chi connectivity index (χ1n) is 9.52. The van der Waals surface area contributed by atoms with Crippen molar-refractivity contribution >= 4 is 5.78 Å². The van der Waals surface area contributed by atoms with Crippen molar-refractivity contribution in [3.63, 3.8) is 0 Å². The van der Waals surface area contributed by atoms with Gasteiger partial charge in [-0.2, -0.15) is 0 Å². The molecule has 5 heteroatoms. The Morgan fingerprint density at radius 1 is 1.15 bits per heavy atom. The molecule has 0 spiro atoms. The minimum Gasteiger partial charge on any atom is -0.302 e. The van der Waals surface area contributed by atoms with Gasteiger partial charge in [-0.05, 0) is 37.1 Å². The van der Waals surface area contributed by atoms with Crippen LogP contribution in [0.5, 0.6) is 0 Å². The Kier molecular flexibility index (Phi) is 5.39. The SMILES string of the molecule is O=C(c1ccccn1)C1CCCN(CC2CNNC2c2ccccc2)C1. The molecule has 26 heavy (non-hydrogen) atoms. The number of carbonyl (C=O) groups is 1. The van der Waals surface area contributed by atoms with Crippen LogP contribution in [0.25, 0.3) is 0 Å². The molecule has 2 fully saturated rings. The zero-order valence-electron chi connectivity index (χ0n) is 15.0. The van der Waals surface area contributed by atoms with Crippen LogP contribution in [-0.4, -0.2) is 41.8 Å². The molecule has 3 unspecified atom stereocenters. The topological polar surface area (TPSA) is 57.3 Å². The molecule has 2 aromatic rings. The van der Waals surface area contributed by atoms with Crippen molar-refractivity contribution in [1.82, 2.24) is 20.7 Å². The maximum absolute atomic E-state index is 12.8. The van der Waals surface area contributed by atoms with Crippen LogP contribution in [0.15, 0.2) is 54.7 Å². The van der Waals surface area contributed by atoms with Gasteiger partial charge in [0, 0.05) is 37.7 Å². The van der Waals surface area contributed by atoms with Gasteiger partial charge >= 0.3 is 0 Å². The largest absolute Gasteiger partial charge is 0.302 e. The van der Waals surface area contributed by atoms with E-state index in [0.29, 0.717) is 17.7 Å². The van der Waals surface area contributed by atoms with E-state index in [1.165, 1.54) is 5.56 Å². The third-order valence-corrected chi connectivity index (χ3v) is 5.54. The quantitative estimate of drug-likeness (QED) is 0.811. The summed E-state index contributed by atoms with van der Waals surface area (Å²) in [6.45, 7) is 3.87. The minimum absolute atomic E-state index is 0.0659. The highest BCUT2D eigenvalue weighted by molar-refractivity contribution is 5.96. The van der Waals surface area contributed by atoms with Crippen LogP contribution in [0.3, 0.4) is 0 Å². The lowest BCUT2D eigenvalue weighted by Gasteiger charge is -2.34. The molecule has 1 aromatic carbocycles. The number of likely N-dealkylation sites (tertiary alicyclic amines) is 1. The number of benzene rings is 1. The molecule has 5 nitrogen and oxygen atoms in total. The molecule has 2 N–H and O–H groups in total. The van der Waals surface area contributed by atoms with E-state index >= 15 is 0 Å². The molecule has 1 aromatic heterocycles. The average Bonchev–Trinajstić information content (AvgIpc) is 3.17. The monoisotopic (exact) mass is 350 g/mol. The van der Waals surface area contributed by atoms with Crippen molar-refractivity contribution in [2.24, 2.45) is 11.8 Å². The van der Waals surface area contributed by atoms with E-state index in [4.69, 9.17) is 0 Å². The second-order valence-electron chi connectivity index (χ2n) is 7.35. The number of pyridine rings is 1. The summed E-state index contributed by atoms with van der Waals surface area (Å²) in [4.78, 5) is 19.5. The molecular formula is C21H26N4O. The van der Waals surface area contributed by atoms with E-state index in [9.17, 15) is 4.79 Å². The minimum atomic E-state index is 0.0659. The van der Waals surface area contributed by atoms with E-state index in [-0.39, 0.29) is 11.7 Å². The smallest absolute Gasteiger partial charge is 0.185 e.